The van der Waals surface area contributed by atoms with E-state index >= 15 is 0 Å². The Morgan fingerprint density at radius 1 is 1.29 bits per heavy atom. The van der Waals surface area contributed by atoms with Gasteiger partial charge in [-0.05, 0) is 44.0 Å². The Bertz CT molecular complexity index is 923. The first-order chi connectivity index (χ1) is 13.4. The molecule has 0 unspecified atom stereocenters. The van der Waals surface area contributed by atoms with Crippen molar-refractivity contribution in [1.29, 1.82) is 0 Å². The van der Waals surface area contributed by atoms with E-state index in [4.69, 9.17) is 4.74 Å². The van der Waals surface area contributed by atoms with E-state index in [2.05, 4.69) is 4.98 Å². The van der Waals surface area contributed by atoms with Crippen LogP contribution in [0.5, 0.6) is 5.75 Å². The third-order valence-electron chi connectivity index (χ3n) is 5.31. The Labute approximate surface area is 166 Å². The number of carbonyl (C=O) groups is 2. The number of amides is 2. The van der Waals surface area contributed by atoms with Crippen LogP contribution in [0.1, 0.15) is 46.1 Å². The fourth-order valence-electron chi connectivity index (χ4n) is 3.73. The minimum atomic E-state index is -0.0659. The lowest BCUT2D eigenvalue weighted by molar-refractivity contribution is -0.118. The number of hydrogen-bond donors (Lipinski definition) is 0. The average molecular weight is 381 g/mol. The molecule has 2 amide bonds. The van der Waals surface area contributed by atoms with Crippen molar-refractivity contribution in [2.24, 2.45) is 0 Å². The maximum atomic E-state index is 12.9. The fraction of sp³-hybridized carbons (Fsp3) is 0.409. The summed E-state index contributed by atoms with van der Waals surface area (Å²) in [5, 5.41) is 0. The van der Waals surface area contributed by atoms with Crippen LogP contribution in [-0.2, 0) is 17.8 Å². The van der Waals surface area contributed by atoms with Crippen LogP contribution in [0, 0.1) is 13.8 Å². The molecule has 0 aliphatic carbocycles. The van der Waals surface area contributed by atoms with Crippen LogP contribution in [0.4, 0.5) is 5.69 Å². The highest BCUT2D eigenvalue weighted by atomic mass is 16.5. The highest BCUT2D eigenvalue weighted by Gasteiger charge is 2.25. The zero-order chi connectivity index (χ0) is 20.4. The molecule has 6 nitrogen and oxygen atoms in total. The molecule has 148 valence electrons. The molecule has 1 aromatic heterocycles. The summed E-state index contributed by atoms with van der Waals surface area (Å²) in [6, 6.07) is 5.59. The number of fused-ring (bicyclic) bond motifs is 1. The second kappa shape index (κ2) is 8.00. The molecule has 1 aliphatic rings. The van der Waals surface area contributed by atoms with Crippen molar-refractivity contribution < 1.29 is 14.3 Å². The summed E-state index contributed by atoms with van der Waals surface area (Å²) >= 11 is 0. The quantitative estimate of drug-likeness (QED) is 0.797. The number of nitrogens with zero attached hydrogens (tertiary/aromatic N) is 3. The van der Waals surface area contributed by atoms with Gasteiger partial charge in [-0.1, -0.05) is 6.92 Å². The van der Waals surface area contributed by atoms with E-state index in [0.29, 0.717) is 25.1 Å². The van der Waals surface area contributed by atoms with E-state index in [-0.39, 0.29) is 11.8 Å². The van der Waals surface area contributed by atoms with Crippen LogP contribution >= 0.6 is 0 Å². The number of ether oxygens (including phenoxy) is 1. The number of methoxy groups -OCH3 is 1. The Hall–Kier alpha value is -2.89. The van der Waals surface area contributed by atoms with Gasteiger partial charge in [0.15, 0.2) is 0 Å². The van der Waals surface area contributed by atoms with Crippen LogP contribution in [0.2, 0.25) is 0 Å². The Morgan fingerprint density at radius 3 is 2.71 bits per heavy atom. The molecule has 2 aromatic rings. The summed E-state index contributed by atoms with van der Waals surface area (Å²) in [4.78, 5) is 32.9. The molecule has 2 heterocycles. The lowest BCUT2D eigenvalue weighted by Gasteiger charge is -2.20. The minimum absolute atomic E-state index is 0.0659. The van der Waals surface area contributed by atoms with Crippen molar-refractivity contribution in [3.63, 3.8) is 0 Å². The van der Waals surface area contributed by atoms with Crippen LogP contribution in [0.25, 0.3) is 0 Å². The molecule has 6 heteroatoms. The molecule has 28 heavy (non-hydrogen) atoms. The zero-order valence-electron chi connectivity index (χ0n) is 17.2. The molecule has 0 N–H and O–H groups in total. The number of benzene rings is 1. The highest BCUT2D eigenvalue weighted by molar-refractivity contribution is 5.98. The van der Waals surface area contributed by atoms with Crippen molar-refractivity contribution in [3.8, 4) is 5.75 Å². The lowest BCUT2D eigenvalue weighted by atomic mass is 10.1. The first-order valence-corrected chi connectivity index (χ1v) is 9.55. The van der Waals surface area contributed by atoms with Gasteiger partial charge >= 0.3 is 0 Å². The van der Waals surface area contributed by atoms with Crippen molar-refractivity contribution >= 4 is 17.5 Å². The molecule has 3 rings (SSSR count). The van der Waals surface area contributed by atoms with Crippen molar-refractivity contribution in [2.75, 3.05) is 25.6 Å². The predicted octanol–water partition coefficient (Wildman–Crippen LogP) is 3.28. The van der Waals surface area contributed by atoms with Gasteiger partial charge in [-0.15, -0.1) is 0 Å². The number of aromatic nitrogens is 1. The Kier molecular flexibility index (Phi) is 5.68. The van der Waals surface area contributed by atoms with Gasteiger partial charge in [0.25, 0.3) is 5.91 Å². The number of pyridine rings is 1. The van der Waals surface area contributed by atoms with Gasteiger partial charge in [-0.2, -0.15) is 0 Å². The van der Waals surface area contributed by atoms with Crippen LogP contribution in [0.3, 0.4) is 0 Å². The second-order valence-electron chi connectivity index (χ2n) is 7.20. The first kappa shape index (κ1) is 19.9. The molecule has 0 bridgehead atoms. The monoisotopic (exact) mass is 381 g/mol. The summed E-state index contributed by atoms with van der Waals surface area (Å²) in [5.41, 5.74) is 5.34. The zero-order valence-corrected chi connectivity index (χ0v) is 17.2. The van der Waals surface area contributed by atoms with Crippen LogP contribution in [0.15, 0.2) is 24.4 Å². The van der Waals surface area contributed by atoms with Gasteiger partial charge in [-0.25, -0.2) is 0 Å². The predicted molar refractivity (Wildman–Crippen MR) is 109 cm³/mol. The molecular formula is C22H27N3O3. The topological polar surface area (TPSA) is 62.7 Å². The SMILES string of the molecule is CCC(=O)N1CCc2cc(C(=O)N(C)Cc3ncc(C)c(OC)c3C)ccc21. The maximum absolute atomic E-state index is 12.9. The Balaban J connectivity index is 1.79. The Morgan fingerprint density at radius 2 is 2.04 bits per heavy atom. The molecule has 0 spiro atoms. The van der Waals surface area contributed by atoms with E-state index < -0.39 is 0 Å². The van der Waals surface area contributed by atoms with Crippen molar-refractivity contribution in [2.45, 2.75) is 40.2 Å². The number of rotatable bonds is 5. The van der Waals surface area contributed by atoms with Gasteiger partial charge in [0.2, 0.25) is 5.91 Å². The maximum Gasteiger partial charge on any atom is 0.253 e. The number of aryl methyl sites for hydroxylation is 1. The highest BCUT2D eigenvalue weighted by Crippen LogP contribution is 2.30. The third kappa shape index (κ3) is 3.59. The largest absolute Gasteiger partial charge is 0.496 e. The number of anilines is 1. The van der Waals surface area contributed by atoms with E-state index in [1.54, 1.807) is 36.2 Å². The molecule has 0 fully saturated rings. The average Bonchev–Trinajstić information content (AvgIpc) is 3.12. The van der Waals surface area contributed by atoms with Crippen molar-refractivity contribution in [1.82, 2.24) is 9.88 Å². The fourth-order valence-corrected chi connectivity index (χ4v) is 3.73. The van der Waals surface area contributed by atoms with E-state index in [1.165, 1.54) is 0 Å². The lowest BCUT2D eigenvalue weighted by Crippen LogP contribution is -2.28. The van der Waals surface area contributed by atoms with E-state index in [1.807, 2.05) is 32.9 Å². The number of carbonyl (C=O) groups excluding carboxylic acids is 2. The van der Waals surface area contributed by atoms with Gasteiger partial charge in [0.1, 0.15) is 5.75 Å². The van der Waals surface area contributed by atoms with Gasteiger partial charge in [0, 0.05) is 48.6 Å². The summed E-state index contributed by atoms with van der Waals surface area (Å²) in [6.45, 7) is 6.86. The minimum Gasteiger partial charge on any atom is -0.496 e. The first-order valence-electron chi connectivity index (χ1n) is 9.55. The summed E-state index contributed by atoms with van der Waals surface area (Å²) in [6.07, 6.45) is 3.03. The van der Waals surface area contributed by atoms with Gasteiger partial charge in [-0.3, -0.25) is 14.6 Å². The summed E-state index contributed by atoms with van der Waals surface area (Å²) in [7, 11) is 3.42. The molecule has 0 atom stereocenters. The third-order valence-corrected chi connectivity index (χ3v) is 5.31. The molecule has 1 aromatic carbocycles. The molecule has 1 aliphatic heterocycles. The summed E-state index contributed by atoms with van der Waals surface area (Å²) < 4.78 is 5.46. The smallest absolute Gasteiger partial charge is 0.253 e. The van der Waals surface area contributed by atoms with Gasteiger partial charge < -0.3 is 14.5 Å². The molecule has 0 saturated carbocycles. The standard InChI is InChI=1S/C22H27N3O3/c1-6-20(26)25-10-9-16-11-17(7-8-19(16)25)22(27)24(4)13-18-15(3)21(28-5)14(2)12-23-18/h7-8,11-12H,6,9-10,13H2,1-5H3. The van der Waals surface area contributed by atoms with E-state index in [9.17, 15) is 9.59 Å². The van der Waals surface area contributed by atoms with Crippen LogP contribution < -0.4 is 9.64 Å². The molecule has 0 saturated heterocycles. The summed E-state index contributed by atoms with van der Waals surface area (Å²) in [5.74, 6) is 0.859. The van der Waals surface area contributed by atoms with E-state index in [0.717, 1.165) is 40.2 Å². The number of hydrogen-bond acceptors (Lipinski definition) is 4. The van der Waals surface area contributed by atoms with Crippen LogP contribution in [-0.4, -0.2) is 42.4 Å². The van der Waals surface area contributed by atoms with Crippen molar-refractivity contribution in [3.05, 3.63) is 52.3 Å². The molecule has 0 radical (unpaired) electrons. The second-order valence-corrected chi connectivity index (χ2v) is 7.20. The molecular weight excluding hydrogens is 354 g/mol. The van der Waals surface area contributed by atoms with Gasteiger partial charge in [0.05, 0.1) is 19.3 Å². The normalized spacial score (nSPS) is 12.7.